The van der Waals surface area contributed by atoms with E-state index in [0.29, 0.717) is 6.07 Å². The number of hydrogen-bond donors (Lipinski definition) is 0. The van der Waals surface area contributed by atoms with Gasteiger partial charge in [0.1, 0.15) is 17.2 Å². The second-order valence-electron chi connectivity index (χ2n) is 8.23. The van der Waals surface area contributed by atoms with Crippen molar-refractivity contribution in [3.8, 4) is 5.69 Å². The first-order chi connectivity index (χ1) is 16.2. The Morgan fingerprint density at radius 2 is 1.91 bits per heavy atom. The Balaban J connectivity index is 1.68. The SMILES string of the molecule is CCOC(=O)c1cn(-c2ccc(F)cc2F)c2nc(N3C[C@@H]4C([N+](=O)[O-])[C@@H]4C3)c(F)cc2c1=O. The lowest BCUT2D eigenvalue weighted by Gasteiger charge is -2.21. The van der Waals surface area contributed by atoms with Gasteiger partial charge in [0.25, 0.3) is 0 Å². The molecule has 3 atom stereocenters. The number of fused-ring (bicyclic) bond motifs is 2. The summed E-state index contributed by atoms with van der Waals surface area (Å²) in [7, 11) is 0. The van der Waals surface area contributed by atoms with Gasteiger partial charge < -0.3 is 9.64 Å². The number of anilines is 1. The van der Waals surface area contributed by atoms with Crippen LogP contribution in [-0.2, 0) is 4.74 Å². The first-order valence-electron chi connectivity index (χ1n) is 10.5. The van der Waals surface area contributed by atoms with Gasteiger partial charge in [0, 0.05) is 30.3 Å². The van der Waals surface area contributed by atoms with Crippen LogP contribution in [0.5, 0.6) is 0 Å². The summed E-state index contributed by atoms with van der Waals surface area (Å²) < 4.78 is 49.2. The van der Waals surface area contributed by atoms with E-state index in [1.54, 1.807) is 4.90 Å². The number of benzene rings is 1. The molecule has 2 aromatic heterocycles. The monoisotopic (exact) mass is 474 g/mol. The van der Waals surface area contributed by atoms with Crippen molar-refractivity contribution in [3.05, 3.63) is 73.8 Å². The van der Waals surface area contributed by atoms with E-state index in [9.17, 15) is 28.5 Å². The van der Waals surface area contributed by atoms with Crippen LogP contribution in [0.4, 0.5) is 19.0 Å². The molecule has 1 aliphatic carbocycles. The average molecular weight is 474 g/mol. The number of nitrogens with zero attached hydrogens (tertiary/aromatic N) is 4. The highest BCUT2D eigenvalue weighted by Gasteiger charge is 2.65. The summed E-state index contributed by atoms with van der Waals surface area (Å²) in [5, 5.41) is 10.7. The largest absolute Gasteiger partial charge is 0.462 e. The predicted octanol–water partition coefficient (Wildman–Crippen LogP) is 2.69. The van der Waals surface area contributed by atoms with Crippen LogP contribution in [0, 0.1) is 39.4 Å². The van der Waals surface area contributed by atoms with Gasteiger partial charge in [0.15, 0.2) is 17.3 Å². The molecule has 1 saturated heterocycles. The van der Waals surface area contributed by atoms with Crippen molar-refractivity contribution in [2.45, 2.75) is 13.0 Å². The second-order valence-corrected chi connectivity index (χ2v) is 8.23. The van der Waals surface area contributed by atoms with E-state index in [4.69, 9.17) is 4.74 Å². The summed E-state index contributed by atoms with van der Waals surface area (Å²) in [4.78, 5) is 41.8. The number of ether oxygens (including phenoxy) is 1. The van der Waals surface area contributed by atoms with Gasteiger partial charge in [-0.15, -0.1) is 0 Å². The topological polar surface area (TPSA) is 108 Å². The Bertz CT molecular complexity index is 1410. The molecule has 0 amide bonds. The van der Waals surface area contributed by atoms with Gasteiger partial charge in [-0.2, -0.15) is 0 Å². The standard InChI is InChI=1S/C22H17F3N4O5/c1-2-34-22(31)14-9-28(17-4-3-10(23)5-15(17)24)20-11(19(14)30)6-16(25)21(26-20)27-7-12-13(8-27)18(12)29(32)33/h3-6,9,12-13,18H,2,7-8H2,1H3/t12-,13+,18?. The summed E-state index contributed by atoms with van der Waals surface area (Å²) in [6.07, 6.45) is 1.03. The number of aromatic nitrogens is 2. The molecular formula is C22H17F3N4O5. The highest BCUT2D eigenvalue weighted by Crippen LogP contribution is 2.48. The molecule has 0 radical (unpaired) electrons. The average Bonchev–Trinajstić information content (AvgIpc) is 3.30. The first kappa shape index (κ1) is 21.9. The van der Waals surface area contributed by atoms with Crippen LogP contribution in [0.2, 0.25) is 0 Å². The number of pyridine rings is 2. The molecule has 1 saturated carbocycles. The molecule has 0 spiro atoms. The number of carbonyl (C=O) groups is 1. The zero-order chi connectivity index (χ0) is 24.3. The summed E-state index contributed by atoms with van der Waals surface area (Å²) >= 11 is 0. The molecule has 34 heavy (non-hydrogen) atoms. The van der Waals surface area contributed by atoms with Crippen molar-refractivity contribution < 1.29 is 27.6 Å². The third-order valence-electron chi connectivity index (χ3n) is 6.27. The van der Waals surface area contributed by atoms with E-state index in [0.717, 1.165) is 29.0 Å². The van der Waals surface area contributed by atoms with Gasteiger partial charge in [0.05, 0.1) is 29.5 Å². The third kappa shape index (κ3) is 3.37. The van der Waals surface area contributed by atoms with E-state index in [1.807, 2.05) is 0 Å². The summed E-state index contributed by atoms with van der Waals surface area (Å²) in [6.45, 7) is 1.92. The Morgan fingerprint density at radius 3 is 2.53 bits per heavy atom. The van der Waals surface area contributed by atoms with Crippen LogP contribution >= 0.6 is 0 Å². The van der Waals surface area contributed by atoms with Crippen LogP contribution in [0.1, 0.15) is 17.3 Å². The minimum Gasteiger partial charge on any atom is -0.462 e. The highest BCUT2D eigenvalue weighted by molar-refractivity contribution is 5.94. The zero-order valence-electron chi connectivity index (χ0n) is 17.7. The molecule has 176 valence electrons. The van der Waals surface area contributed by atoms with Crippen LogP contribution < -0.4 is 10.3 Å². The Kier molecular flexibility index (Phi) is 5.03. The first-order valence-corrected chi connectivity index (χ1v) is 10.5. The van der Waals surface area contributed by atoms with Crippen molar-refractivity contribution >= 4 is 22.8 Å². The fourth-order valence-corrected chi connectivity index (χ4v) is 4.63. The molecule has 3 heterocycles. The molecule has 12 heteroatoms. The quantitative estimate of drug-likeness (QED) is 0.318. The molecule has 1 aromatic carbocycles. The lowest BCUT2D eigenvalue weighted by atomic mass is 10.1. The fourth-order valence-electron chi connectivity index (χ4n) is 4.63. The van der Waals surface area contributed by atoms with Crippen molar-refractivity contribution in [2.24, 2.45) is 11.8 Å². The molecule has 9 nitrogen and oxygen atoms in total. The lowest BCUT2D eigenvalue weighted by molar-refractivity contribution is -0.501. The van der Waals surface area contributed by atoms with E-state index >= 15 is 4.39 Å². The number of carbonyl (C=O) groups excluding carboxylic acids is 1. The highest BCUT2D eigenvalue weighted by atomic mass is 19.1. The van der Waals surface area contributed by atoms with Crippen molar-refractivity contribution in [1.29, 1.82) is 0 Å². The fraction of sp³-hybridized carbons (Fsp3) is 0.318. The van der Waals surface area contributed by atoms with Gasteiger partial charge in [-0.1, -0.05) is 0 Å². The van der Waals surface area contributed by atoms with Crippen LogP contribution in [-0.4, -0.2) is 46.2 Å². The Hall–Kier alpha value is -3.96. The van der Waals surface area contributed by atoms with Gasteiger partial charge in [-0.25, -0.2) is 22.9 Å². The predicted molar refractivity (Wildman–Crippen MR) is 113 cm³/mol. The number of esters is 1. The number of rotatable bonds is 5. The van der Waals surface area contributed by atoms with Crippen molar-refractivity contribution in [1.82, 2.24) is 9.55 Å². The van der Waals surface area contributed by atoms with Crippen molar-refractivity contribution in [2.75, 3.05) is 24.6 Å². The molecule has 3 aromatic rings. The minimum atomic E-state index is -0.997. The molecule has 0 N–H and O–H groups in total. The molecule has 5 rings (SSSR count). The van der Waals surface area contributed by atoms with Crippen LogP contribution in [0.25, 0.3) is 16.7 Å². The maximum atomic E-state index is 15.1. The van der Waals surface area contributed by atoms with E-state index in [-0.39, 0.29) is 59.0 Å². The molecule has 2 aliphatic rings. The number of nitro groups is 1. The zero-order valence-corrected chi connectivity index (χ0v) is 17.7. The molecule has 1 unspecified atom stereocenters. The summed E-state index contributed by atoms with van der Waals surface area (Å²) in [6, 6.07) is 2.94. The van der Waals surface area contributed by atoms with Crippen LogP contribution in [0.15, 0.2) is 35.3 Å². The second kappa shape index (κ2) is 7.82. The summed E-state index contributed by atoms with van der Waals surface area (Å²) in [5.41, 5.74) is -1.71. The maximum Gasteiger partial charge on any atom is 0.343 e. The number of hydrogen-bond acceptors (Lipinski definition) is 7. The van der Waals surface area contributed by atoms with E-state index in [2.05, 4.69) is 4.98 Å². The van der Waals surface area contributed by atoms with Gasteiger partial charge in [-0.3, -0.25) is 19.5 Å². The summed E-state index contributed by atoms with van der Waals surface area (Å²) in [5.74, 6) is -4.29. The van der Waals surface area contributed by atoms with E-state index in [1.165, 1.54) is 6.92 Å². The lowest BCUT2D eigenvalue weighted by Crippen LogP contribution is -2.30. The van der Waals surface area contributed by atoms with Crippen molar-refractivity contribution in [3.63, 3.8) is 0 Å². The third-order valence-corrected chi connectivity index (χ3v) is 6.27. The number of piperidine rings is 1. The van der Waals surface area contributed by atoms with Gasteiger partial charge in [-0.05, 0) is 25.1 Å². The molecule has 1 aliphatic heterocycles. The Morgan fingerprint density at radius 1 is 1.21 bits per heavy atom. The molecular weight excluding hydrogens is 457 g/mol. The maximum absolute atomic E-state index is 15.1. The van der Waals surface area contributed by atoms with Gasteiger partial charge >= 0.3 is 5.97 Å². The smallest absolute Gasteiger partial charge is 0.343 e. The molecule has 2 fully saturated rings. The van der Waals surface area contributed by atoms with Gasteiger partial charge in [0.2, 0.25) is 11.5 Å². The normalized spacial score (nSPS) is 20.9. The Labute approximate surface area is 189 Å². The number of halogens is 3. The molecule has 0 bridgehead atoms. The van der Waals surface area contributed by atoms with E-state index < -0.39 is 40.5 Å². The van der Waals surface area contributed by atoms with Crippen LogP contribution in [0.3, 0.4) is 0 Å². The minimum absolute atomic E-state index is 0.0325.